The zero-order chi connectivity index (χ0) is 22.2. The predicted molar refractivity (Wildman–Crippen MR) is 121 cm³/mol. The minimum absolute atomic E-state index is 0.0724. The molecule has 0 saturated heterocycles. The fourth-order valence-electron chi connectivity index (χ4n) is 2.88. The molecule has 0 radical (unpaired) electrons. The summed E-state index contributed by atoms with van der Waals surface area (Å²) in [5.41, 5.74) is 2.71. The number of nitrogens with one attached hydrogen (secondary N) is 1. The second kappa shape index (κ2) is 11.0. The zero-order valence-corrected chi connectivity index (χ0v) is 18.8. The third-order valence-corrected chi connectivity index (χ3v) is 5.82. The minimum Gasteiger partial charge on any atom is -0.464 e. The lowest BCUT2D eigenvalue weighted by Crippen LogP contribution is -2.44. The molecule has 0 aliphatic heterocycles. The van der Waals surface area contributed by atoms with Crippen molar-refractivity contribution in [1.29, 1.82) is 0 Å². The largest absolute Gasteiger partial charge is 0.464 e. The number of hydrogen-bond acceptors (Lipinski definition) is 6. The van der Waals surface area contributed by atoms with Gasteiger partial charge in [-0.2, -0.15) is 0 Å². The van der Waals surface area contributed by atoms with Crippen molar-refractivity contribution in [2.45, 2.75) is 31.5 Å². The summed E-state index contributed by atoms with van der Waals surface area (Å²) in [5.74, 6) is -0.680. The minimum atomic E-state index is -0.760. The molecule has 3 rings (SSSR count). The lowest BCUT2D eigenvalue weighted by molar-refractivity contribution is -0.147. The van der Waals surface area contributed by atoms with Crippen LogP contribution in [-0.2, 0) is 20.7 Å². The lowest BCUT2D eigenvalue weighted by Gasteiger charge is -2.17. The maximum Gasteiger partial charge on any atom is 0.328 e. The number of esters is 1. The van der Waals surface area contributed by atoms with Crippen LogP contribution in [0.25, 0.3) is 5.69 Å². The fourth-order valence-corrected chi connectivity index (χ4v) is 3.80. The molecule has 0 bridgehead atoms. The van der Waals surface area contributed by atoms with E-state index in [4.69, 9.17) is 16.3 Å². The third kappa shape index (κ3) is 6.32. The van der Waals surface area contributed by atoms with E-state index in [1.54, 1.807) is 17.8 Å². The number of halogens is 1. The number of nitrogens with zero attached hydrogens (tertiary/aromatic N) is 3. The average molecular weight is 459 g/mol. The number of hydrogen-bond donors (Lipinski definition) is 1. The van der Waals surface area contributed by atoms with Crippen molar-refractivity contribution >= 4 is 35.2 Å². The molecule has 0 fully saturated rings. The normalized spacial score (nSPS) is 11.7. The topological polar surface area (TPSA) is 86.1 Å². The highest BCUT2D eigenvalue weighted by atomic mass is 35.5. The summed E-state index contributed by atoms with van der Waals surface area (Å²) < 4.78 is 6.89. The van der Waals surface area contributed by atoms with Gasteiger partial charge in [-0.3, -0.25) is 9.36 Å². The van der Waals surface area contributed by atoms with Crippen LogP contribution in [0.15, 0.2) is 60.0 Å². The molecule has 2 aromatic carbocycles. The lowest BCUT2D eigenvalue weighted by atomic mass is 10.1. The second-order valence-corrected chi connectivity index (χ2v) is 8.12. The van der Waals surface area contributed by atoms with Crippen molar-refractivity contribution < 1.29 is 14.3 Å². The summed E-state index contributed by atoms with van der Waals surface area (Å²) in [4.78, 5) is 24.9. The Bertz CT molecular complexity index is 1040. The van der Waals surface area contributed by atoms with Gasteiger partial charge in [0.1, 0.15) is 12.4 Å². The molecular formula is C22H23ClN4O3S. The molecule has 1 unspecified atom stereocenters. The van der Waals surface area contributed by atoms with Crippen molar-refractivity contribution in [2.75, 3.05) is 12.4 Å². The molecule has 31 heavy (non-hydrogen) atoms. The Kier molecular flexibility index (Phi) is 8.08. The number of thioether (sulfide) groups is 1. The Morgan fingerprint density at radius 3 is 2.71 bits per heavy atom. The maximum atomic E-state index is 12.6. The molecule has 0 aliphatic carbocycles. The van der Waals surface area contributed by atoms with Crippen LogP contribution >= 0.6 is 23.4 Å². The van der Waals surface area contributed by atoms with E-state index < -0.39 is 12.0 Å². The standard InChI is InChI=1S/C22H23ClN4O3S/c1-3-30-21(29)19(11-16-7-5-4-6-8-16)25-20(28)13-31-22-26-24-14-27(22)17-10-9-15(2)18(23)12-17/h4-10,12,14,19H,3,11,13H2,1-2H3,(H,25,28). The van der Waals surface area contributed by atoms with Crippen molar-refractivity contribution in [3.63, 3.8) is 0 Å². The first kappa shape index (κ1) is 22.8. The van der Waals surface area contributed by atoms with Gasteiger partial charge in [-0.1, -0.05) is 59.8 Å². The summed E-state index contributed by atoms with van der Waals surface area (Å²) in [6, 6.07) is 14.4. The van der Waals surface area contributed by atoms with Crippen LogP contribution in [0, 0.1) is 6.92 Å². The molecule has 0 saturated carbocycles. The number of aromatic nitrogens is 3. The van der Waals surface area contributed by atoms with E-state index in [2.05, 4.69) is 15.5 Å². The van der Waals surface area contributed by atoms with Gasteiger partial charge in [0.15, 0.2) is 5.16 Å². The van der Waals surface area contributed by atoms with E-state index in [-0.39, 0.29) is 18.3 Å². The van der Waals surface area contributed by atoms with Crippen molar-refractivity contribution in [1.82, 2.24) is 20.1 Å². The Morgan fingerprint density at radius 1 is 1.23 bits per heavy atom. The monoisotopic (exact) mass is 458 g/mol. The number of carbonyl (C=O) groups is 2. The Balaban J connectivity index is 1.65. The number of aryl methyl sites for hydroxylation is 1. The first-order valence-corrected chi connectivity index (χ1v) is 11.1. The number of amides is 1. The smallest absolute Gasteiger partial charge is 0.328 e. The van der Waals surface area contributed by atoms with E-state index in [1.807, 2.05) is 55.5 Å². The summed E-state index contributed by atoms with van der Waals surface area (Å²) in [7, 11) is 0. The molecule has 0 aliphatic rings. The Labute approximate surface area is 190 Å². The van der Waals surface area contributed by atoms with Gasteiger partial charge in [0.2, 0.25) is 5.91 Å². The highest BCUT2D eigenvalue weighted by molar-refractivity contribution is 7.99. The maximum absolute atomic E-state index is 12.6. The van der Waals surface area contributed by atoms with Crippen LogP contribution in [0.4, 0.5) is 0 Å². The summed E-state index contributed by atoms with van der Waals surface area (Å²) in [5, 5.41) is 12.0. The number of rotatable bonds is 9. The van der Waals surface area contributed by atoms with E-state index in [9.17, 15) is 9.59 Å². The Morgan fingerprint density at radius 2 is 2.00 bits per heavy atom. The van der Waals surface area contributed by atoms with Crippen LogP contribution in [0.1, 0.15) is 18.1 Å². The SMILES string of the molecule is CCOC(=O)C(Cc1ccccc1)NC(=O)CSc1nncn1-c1ccc(C)c(Cl)c1. The van der Waals surface area contributed by atoms with Crippen LogP contribution in [-0.4, -0.2) is 45.0 Å². The van der Waals surface area contributed by atoms with Crippen molar-refractivity contribution in [2.24, 2.45) is 0 Å². The van der Waals surface area contributed by atoms with E-state index >= 15 is 0 Å². The first-order chi connectivity index (χ1) is 15.0. The average Bonchev–Trinajstić information content (AvgIpc) is 3.23. The molecular weight excluding hydrogens is 436 g/mol. The Hall–Kier alpha value is -2.84. The van der Waals surface area contributed by atoms with E-state index in [1.165, 1.54) is 11.8 Å². The molecule has 3 aromatic rings. The second-order valence-electron chi connectivity index (χ2n) is 6.77. The predicted octanol–water partition coefficient (Wildman–Crippen LogP) is 3.61. The van der Waals surface area contributed by atoms with Gasteiger partial charge in [0.05, 0.1) is 18.0 Å². The summed E-state index contributed by atoms with van der Waals surface area (Å²) >= 11 is 7.44. The molecule has 0 spiro atoms. The summed E-state index contributed by atoms with van der Waals surface area (Å²) in [6.45, 7) is 3.91. The van der Waals surface area contributed by atoms with E-state index in [0.717, 1.165) is 16.8 Å². The molecule has 1 atom stereocenters. The number of ether oxygens (including phenoxy) is 1. The zero-order valence-electron chi connectivity index (χ0n) is 17.2. The molecule has 1 amide bonds. The molecule has 1 N–H and O–H groups in total. The molecule has 1 heterocycles. The summed E-state index contributed by atoms with van der Waals surface area (Å²) in [6.07, 6.45) is 1.92. The third-order valence-electron chi connectivity index (χ3n) is 4.47. The van der Waals surface area contributed by atoms with Gasteiger partial charge >= 0.3 is 5.97 Å². The van der Waals surface area contributed by atoms with Crippen LogP contribution in [0.5, 0.6) is 0 Å². The highest BCUT2D eigenvalue weighted by Crippen LogP contribution is 2.23. The number of benzene rings is 2. The van der Waals surface area contributed by atoms with Gasteiger partial charge < -0.3 is 10.1 Å². The van der Waals surface area contributed by atoms with Gasteiger partial charge in [-0.05, 0) is 37.1 Å². The van der Waals surface area contributed by atoms with Crippen LogP contribution in [0.3, 0.4) is 0 Å². The molecule has 7 nitrogen and oxygen atoms in total. The quantitative estimate of drug-likeness (QED) is 0.389. The molecule has 9 heteroatoms. The van der Waals surface area contributed by atoms with Crippen LogP contribution in [0.2, 0.25) is 5.02 Å². The fraction of sp³-hybridized carbons (Fsp3) is 0.273. The molecule has 162 valence electrons. The van der Waals surface area contributed by atoms with Gasteiger partial charge in [-0.25, -0.2) is 4.79 Å². The van der Waals surface area contributed by atoms with Crippen molar-refractivity contribution in [3.05, 3.63) is 71.0 Å². The van der Waals surface area contributed by atoms with Gasteiger partial charge in [0.25, 0.3) is 0 Å². The number of carbonyl (C=O) groups excluding carboxylic acids is 2. The van der Waals surface area contributed by atoms with Gasteiger partial charge in [-0.15, -0.1) is 10.2 Å². The van der Waals surface area contributed by atoms with Crippen LogP contribution < -0.4 is 5.32 Å². The molecule has 1 aromatic heterocycles. The van der Waals surface area contributed by atoms with E-state index in [0.29, 0.717) is 16.6 Å². The highest BCUT2D eigenvalue weighted by Gasteiger charge is 2.23. The van der Waals surface area contributed by atoms with Crippen molar-refractivity contribution in [3.8, 4) is 5.69 Å². The first-order valence-electron chi connectivity index (χ1n) is 9.77. The van der Waals surface area contributed by atoms with Gasteiger partial charge in [0, 0.05) is 11.4 Å².